The fourth-order valence-electron chi connectivity index (χ4n) is 1.54. The number of nitrogens with zero attached hydrogens (tertiary/aromatic N) is 1. The number of hydrogen-bond donors (Lipinski definition) is 1. The highest BCUT2D eigenvalue weighted by molar-refractivity contribution is 5.86. The number of carboxylic acids is 1. The molecule has 4 nitrogen and oxygen atoms in total. The minimum absolute atomic E-state index is 0.0320. The molecule has 0 unspecified atom stereocenters. The van der Waals surface area contributed by atoms with E-state index in [9.17, 15) is 4.79 Å². The molecule has 2 rings (SSSR count). The van der Waals surface area contributed by atoms with E-state index in [2.05, 4.69) is 4.98 Å². The first-order valence-electron chi connectivity index (χ1n) is 5.53. The molecule has 0 amide bonds. The van der Waals surface area contributed by atoms with E-state index < -0.39 is 5.97 Å². The Labute approximate surface area is 105 Å². The third kappa shape index (κ3) is 2.85. The topological polar surface area (TPSA) is 59.4 Å². The van der Waals surface area contributed by atoms with Gasteiger partial charge in [0.1, 0.15) is 12.4 Å². The standard InChI is InChI=1S/C14H13NO3/c1-10-4-6-12(7-5-10)18-9-11-3-2-8-15-13(11)14(16)17/h2-8H,9H2,1H3,(H,16,17). The van der Waals surface area contributed by atoms with E-state index >= 15 is 0 Å². The minimum Gasteiger partial charge on any atom is -0.489 e. The zero-order valence-electron chi connectivity index (χ0n) is 9.96. The number of benzene rings is 1. The summed E-state index contributed by atoms with van der Waals surface area (Å²) >= 11 is 0. The van der Waals surface area contributed by atoms with Crippen molar-refractivity contribution in [2.24, 2.45) is 0 Å². The van der Waals surface area contributed by atoms with Gasteiger partial charge in [0.05, 0.1) is 0 Å². The van der Waals surface area contributed by atoms with Crippen molar-refractivity contribution in [1.82, 2.24) is 4.98 Å². The molecule has 0 fully saturated rings. The van der Waals surface area contributed by atoms with Gasteiger partial charge in [-0.3, -0.25) is 0 Å². The molecule has 0 spiro atoms. The maximum absolute atomic E-state index is 11.0. The van der Waals surface area contributed by atoms with Crippen molar-refractivity contribution in [2.45, 2.75) is 13.5 Å². The molecule has 0 saturated carbocycles. The summed E-state index contributed by atoms with van der Waals surface area (Å²) in [5, 5.41) is 8.98. The zero-order valence-corrected chi connectivity index (χ0v) is 9.96. The van der Waals surface area contributed by atoms with Gasteiger partial charge in [0, 0.05) is 11.8 Å². The maximum atomic E-state index is 11.0. The highest BCUT2D eigenvalue weighted by atomic mass is 16.5. The summed E-state index contributed by atoms with van der Waals surface area (Å²) < 4.78 is 5.53. The Hall–Kier alpha value is -2.36. The van der Waals surface area contributed by atoms with Gasteiger partial charge < -0.3 is 9.84 Å². The van der Waals surface area contributed by atoms with Crippen molar-refractivity contribution in [1.29, 1.82) is 0 Å². The van der Waals surface area contributed by atoms with E-state index in [-0.39, 0.29) is 12.3 Å². The van der Waals surface area contributed by atoms with Gasteiger partial charge in [0.25, 0.3) is 0 Å². The Balaban J connectivity index is 2.10. The summed E-state index contributed by atoms with van der Waals surface area (Å²) in [4.78, 5) is 14.8. The van der Waals surface area contributed by atoms with Crippen LogP contribution in [0.2, 0.25) is 0 Å². The van der Waals surface area contributed by atoms with Gasteiger partial charge in [-0.05, 0) is 25.1 Å². The smallest absolute Gasteiger partial charge is 0.354 e. The maximum Gasteiger partial charge on any atom is 0.354 e. The highest BCUT2D eigenvalue weighted by Crippen LogP contribution is 2.14. The molecule has 18 heavy (non-hydrogen) atoms. The van der Waals surface area contributed by atoms with Crippen LogP contribution in [0.25, 0.3) is 0 Å². The average molecular weight is 243 g/mol. The second-order valence-electron chi connectivity index (χ2n) is 3.92. The third-order valence-electron chi connectivity index (χ3n) is 2.51. The summed E-state index contributed by atoms with van der Waals surface area (Å²) in [6, 6.07) is 11.0. The molecule has 0 aliphatic carbocycles. The fourth-order valence-corrected chi connectivity index (χ4v) is 1.54. The first-order valence-corrected chi connectivity index (χ1v) is 5.53. The van der Waals surface area contributed by atoms with Crippen molar-refractivity contribution in [3.05, 3.63) is 59.4 Å². The molecule has 0 saturated heterocycles. The van der Waals surface area contributed by atoms with E-state index in [1.165, 1.54) is 6.20 Å². The number of carbonyl (C=O) groups is 1. The SMILES string of the molecule is Cc1ccc(OCc2cccnc2C(=O)O)cc1. The summed E-state index contributed by atoms with van der Waals surface area (Å²) in [5.74, 6) is -0.334. The normalized spacial score (nSPS) is 10.1. The molecule has 1 aromatic carbocycles. The monoisotopic (exact) mass is 243 g/mol. The van der Waals surface area contributed by atoms with Crippen LogP contribution in [0.15, 0.2) is 42.6 Å². The van der Waals surface area contributed by atoms with Gasteiger partial charge in [-0.15, -0.1) is 0 Å². The van der Waals surface area contributed by atoms with E-state index in [0.29, 0.717) is 11.3 Å². The number of rotatable bonds is 4. The molecule has 1 aromatic heterocycles. The highest BCUT2D eigenvalue weighted by Gasteiger charge is 2.11. The fraction of sp³-hybridized carbons (Fsp3) is 0.143. The molecule has 0 aliphatic rings. The first-order chi connectivity index (χ1) is 8.66. The molecule has 4 heteroatoms. The van der Waals surface area contributed by atoms with Crippen LogP contribution in [-0.2, 0) is 6.61 Å². The van der Waals surface area contributed by atoms with E-state index in [1.807, 2.05) is 31.2 Å². The quantitative estimate of drug-likeness (QED) is 0.896. The lowest BCUT2D eigenvalue weighted by Crippen LogP contribution is -2.07. The number of aromatic carboxylic acids is 1. The van der Waals surface area contributed by atoms with Gasteiger partial charge in [0.15, 0.2) is 5.69 Å². The molecule has 0 aliphatic heterocycles. The second-order valence-corrected chi connectivity index (χ2v) is 3.92. The van der Waals surface area contributed by atoms with Crippen molar-refractivity contribution < 1.29 is 14.6 Å². The lowest BCUT2D eigenvalue weighted by atomic mass is 10.2. The van der Waals surface area contributed by atoms with Crippen LogP contribution in [0.4, 0.5) is 0 Å². The lowest BCUT2D eigenvalue weighted by Gasteiger charge is -2.08. The largest absolute Gasteiger partial charge is 0.489 e. The minimum atomic E-state index is -1.04. The Morgan fingerprint density at radius 1 is 1.28 bits per heavy atom. The Morgan fingerprint density at radius 2 is 2.00 bits per heavy atom. The van der Waals surface area contributed by atoms with Crippen LogP contribution >= 0.6 is 0 Å². The van der Waals surface area contributed by atoms with Gasteiger partial charge in [-0.1, -0.05) is 23.8 Å². The second kappa shape index (κ2) is 5.31. The zero-order chi connectivity index (χ0) is 13.0. The van der Waals surface area contributed by atoms with Gasteiger partial charge in [0.2, 0.25) is 0 Å². The average Bonchev–Trinajstić information content (AvgIpc) is 2.38. The molecule has 1 N–H and O–H groups in total. The Bertz CT molecular complexity index is 549. The first kappa shape index (κ1) is 12.1. The molecular formula is C14H13NO3. The van der Waals surface area contributed by atoms with Crippen molar-refractivity contribution in [2.75, 3.05) is 0 Å². The van der Waals surface area contributed by atoms with Crippen LogP contribution in [0.3, 0.4) is 0 Å². The number of carboxylic acid groups (broad SMARTS) is 1. The van der Waals surface area contributed by atoms with Gasteiger partial charge in [-0.25, -0.2) is 9.78 Å². The number of hydrogen-bond acceptors (Lipinski definition) is 3. The molecule has 2 aromatic rings. The van der Waals surface area contributed by atoms with E-state index in [0.717, 1.165) is 5.56 Å². The molecule has 92 valence electrons. The number of ether oxygens (including phenoxy) is 1. The molecule has 0 bridgehead atoms. The summed E-state index contributed by atoms with van der Waals surface area (Å²) in [5.41, 5.74) is 1.74. The van der Waals surface area contributed by atoms with Crippen molar-refractivity contribution >= 4 is 5.97 Å². The van der Waals surface area contributed by atoms with Crippen LogP contribution < -0.4 is 4.74 Å². The van der Waals surface area contributed by atoms with Crippen LogP contribution in [-0.4, -0.2) is 16.1 Å². The lowest BCUT2D eigenvalue weighted by molar-refractivity contribution is 0.0687. The molecule has 1 heterocycles. The molecule has 0 radical (unpaired) electrons. The Morgan fingerprint density at radius 3 is 2.67 bits per heavy atom. The molecule has 0 atom stereocenters. The predicted molar refractivity (Wildman–Crippen MR) is 66.7 cm³/mol. The number of aromatic nitrogens is 1. The third-order valence-corrected chi connectivity index (χ3v) is 2.51. The van der Waals surface area contributed by atoms with Crippen LogP contribution in [0.5, 0.6) is 5.75 Å². The number of pyridine rings is 1. The van der Waals surface area contributed by atoms with Crippen LogP contribution in [0.1, 0.15) is 21.6 Å². The van der Waals surface area contributed by atoms with Gasteiger partial charge >= 0.3 is 5.97 Å². The van der Waals surface area contributed by atoms with Crippen molar-refractivity contribution in [3.63, 3.8) is 0 Å². The summed E-state index contributed by atoms with van der Waals surface area (Å²) in [6.45, 7) is 2.19. The van der Waals surface area contributed by atoms with E-state index in [4.69, 9.17) is 9.84 Å². The van der Waals surface area contributed by atoms with Gasteiger partial charge in [-0.2, -0.15) is 0 Å². The van der Waals surface area contributed by atoms with E-state index in [1.54, 1.807) is 12.1 Å². The van der Waals surface area contributed by atoms with Crippen molar-refractivity contribution in [3.8, 4) is 5.75 Å². The predicted octanol–water partition coefficient (Wildman–Crippen LogP) is 2.67. The Kier molecular flexibility index (Phi) is 3.57. The summed E-state index contributed by atoms with van der Waals surface area (Å²) in [6.07, 6.45) is 1.46. The summed E-state index contributed by atoms with van der Waals surface area (Å²) in [7, 11) is 0. The number of aryl methyl sites for hydroxylation is 1. The van der Waals surface area contributed by atoms with Crippen LogP contribution in [0, 0.1) is 6.92 Å². The molecular weight excluding hydrogens is 230 g/mol.